The molecule has 0 aliphatic heterocycles. The fourth-order valence-corrected chi connectivity index (χ4v) is 4.09. The number of carbonyl (C=O) groups excluding carboxylic acids is 2. The van der Waals surface area contributed by atoms with E-state index >= 15 is 0 Å². The number of sulfonamides is 1. The van der Waals surface area contributed by atoms with Crippen LogP contribution in [0.25, 0.3) is 0 Å². The number of amides is 2. The molecule has 3 rings (SSSR count). The first kappa shape index (κ1) is 23.1. The molecule has 0 radical (unpaired) electrons. The second-order valence-electron chi connectivity index (χ2n) is 6.66. The van der Waals surface area contributed by atoms with E-state index in [4.69, 9.17) is 16.3 Å². The van der Waals surface area contributed by atoms with Crippen LogP contribution in [0.5, 0.6) is 5.75 Å². The van der Waals surface area contributed by atoms with Crippen LogP contribution in [0.1, 0.15) is 6.92 Å². The number of hydrogen-bond donors (Lipinski definition) is 3. The molecule has 0 aliphatic rings. The zero-order valence-corrected chi connectivity index (χ0v) is 18.5. The molecule has 3 N–H and O–H groups in total. The maximum atomic E-state index is 12.5. The molecule has 0 aliphatic carbocycles. The second kappa shape index (κ2) is 10.2. The van der Waals surface area contributed by atoms with Crippen LogP contribution in [0.4, 0.5) is 17.1 Å². The van der Waals surface area contributed by atoms with E-state index in [9.17, 15) is 18.0 Å². The van der Waals surface area contributed by atoms with E-state index in [0.717, 1.165) is 0 Å². The van der Waals surface area contributed by atoms with Crippen molar-refractivity contribution >= 4 is 50.5 Å². The van der Waals surface area contributed by atoms with Gasteiger partial charge in [0.25, 0.3) is 15.9 Å². The molecule has 32 heavy (non-hydrogen) atoms. The monoisotopic (exact) mass is 473 g/mol. The van der Waals surface area contributed by atoms with Crippen LogP contribution < -0.4 is 20.1 Å². The van der Waals surface area contributed by atoms with Crippen molar-refractivity contribution < 1.29 is 22.7 Å². The van der Waals surface area contributed by atoms with Crippen LogP contribution in [0.2, 0.25) is 5.02 Å². The summed E-state index contributed by atoms with van der Waals surface area (Å²) in [6, 6.07) is 19.0. The summed E-state index contributed by atoms with van der Waals surface area (Å²) >= 11 is 6.16. The molecule has 0 saturated carbocycles. The van der Waals surface area contributed by atoms with E-state index in [1.165, 1.54) is 25.1 Å². The minimum atomic E-state index is -3.84. The van der Waals surface area contributed by atoms with Gasteiger partial charge in [-0.15, -0.1) is 0 Å². The zero-order valence-electron chi connectivity index (χ0n) is 17.0. The number of ether oxygens (including phenoxy) is 1. The maximum absolute atomic E-state index is 12.5. The van der Waals surface area contributed by atoms with Crippen molar-refractivity contribution in [3.05, 3.63) is 77.8 Å². The van der Waals surface area contributed by atoms with Gasteiger partial charge in [-0.25, -0.2) is 8.42 Å². The van der Waals surface area contributed by atoms with Crippen molar-refractivity contribution in [1.82, 2.24) is 0 Å². The number of rotatable bonds is 8. The largest absolute Gasteiger partial charge is 0.482 e. The Morgan fingerprint density at radius 2 is 1.53 bits per heavy atom. The summed E-state index contributed by atoms with van der Waals surface area (Å²) in [6.45, 7) is 1.04. The predicted molar refractivity (Wildman–Crippen MR) is 124 cm³/mol. The van der Waals surface area contributed by atoms with Crippen molar-refractivity contribution in [3.8, 4) is 5.75 Å². The van der Waals surface area contributed by atoms with Crippen LogP contribution >= 0.6 is 11.6 Å². The number of hydrogen-bond acceptors (Lipinski definition) is 5. The van der Waals surface area contributed by atoms with Crippen LogP contribution in [0.15, 0.2) is 77.7 Å². The summed E-state index contributed by atoms with van der Waals surface area (Å²) < 4.78 is 32.9. The molecule has 8 nitrogen and oxygen atoms in total. The van der Waals surface area contributed by atoms with Gasteiger partial charge in [0.1, 0.15) is 5.75 Å². The highest BCUT2D eigenvalue weighted by Gasteiger charge is 2.17. The third kappa shape index (κ3) is 6.47. The van der Waals surface area contributed by atoms with Gasteiger partial charge in [-0.3, -0.25) is 14.3 Å². The minimum absolute atomic E-state index is 0.0430. The molecular weight excluding hydrogens is 454 g/mol. The van der Waals surface area contributed by atoms with Crippen molar-refractivity contribution in [3.63, 3.8) is 0 Å². The molecule has 10 heteroatoms. The molecule has 0 atom stereocenters. The van der Waals surface area contributed by atoms with Crippen molar-refractivity contribution in [2.45, 2.75) is 11.8 Å². The Hall–Kier alpha value is -3.56. The van der Waals surface area contributed by atoms with Gasteiger partial charge in [0.15, 0.2) is 6.61 Å². The van der Waals surface area contributed by atoms with Gasteiger partial charge < -0.3 is 15.4 Å². The summed E-state index contributed by atoms with van der Waals surface area (Å²) in [4.78, 5) is 23.3. The summed E-state index contributed by atoms with van der Waals surface area (Å²) in [5, 5.41) is 5.31. The average Bonchev–Trinajstić information content (AvgIpc) is 2.73. The molecule has 3 aromatic carbocycles. The van der Waals surface area contributed by atoms with E-state index < -0.39 is 15.9 Å². The van der Waals surface area contributed by atoms with E-state index in [1.807, 2.05) is 0 Å². The van der Waals surface area contributed by atoms with E-state index in [0.29, 0.717) is 17.1 Å². The Morgan fingerprint density at radius 1 is 0.875 bits per heavy atom. The van der Waals surface area contributed by atoms with Crippen molar-refractivity contribution in [2.24, 2.45) is 0 Å². The van der Waals surface area contributed by atoms with Gasteiger partial charge in [-0.1, -0.05) is 35.9 Å². The number of benzene rings is 3. The molecule has 0 heterocycles. The van der Waals surface area contributed by atoms with Gasteiger partial charge in [0.2, 0.25) is 5.91 Å². The fourth-order valence-electron chi connectivity index (χ4n) is 2.70. The van der Waals surface area contributed by atoms with Gasteiger partial charge in [0, 0.05) is 24.0 Å². The Labute approximate surface area is 190 Å². The maximum Gasteiger partial charge on any atom is 0.262 e. The highest BCUT2D eigenvalue weighted by Crippen LogP contribution is 2.28. The lowest BCUT2D eigenvalue weighted by Gasteiger charge is -2.12. The Bertz CT molecular complexity index is 1230. The normalized spacial score (nSPS) is 10.8. The SMILES string of the molecule is CC(=O)Nc1cccc(NC(=O)COc2ccc(S(=O)(=O)Nc3ccccc3)cc2Cl)c1. The van der Waals surface area contributed by atoms with Crippen LogP contribution in [0.3, 0.4) is 0 Å². The number of para-hydroxylation sites is 1. The first-order valence-corrected chi connectivity index (χ1v) is 11.3. The summed E-state index contributed by atoms with van der Waals surface area (Å²) in [7, 11) is -3.84. The summed E-state index contributed by atoms with van der Waals surface area (Å²) in [5.41, 5.74) is 1.44. The molecule has 3 aromatic rings. The van der Waals surface area contributed by atoms with Crippen molar-refractivity contribution in [2.75, 3.05) is 22.0 Å². The molecule has 0 spiro atoms. The molecule has 0 unspecified atom stereocenters. The highest BCUT2D eigenvalue weighted by atomic mass is 35.5. The fraction of sp³-hybridized carbons (Fsp3) is 0.0909. The molecule has 0 fully saturated rings. The van der Waals surface area contributed by atoms with Crippen LogP contribution in [-0.4, -0.2) is 26.8 Å². The summed E-state index contributed by atoms with van der Waals surface area (Å²) in [5.74, 6) is -0.521. The van der Waals surface area contributed by atoms with Crippen LogP contribution in [0, 0.1) is 0 Å². The molecule has 0 bridgehead atoms. The highest BCUT2D eigenvalue weighted by molar-refractivity contribution is 7.92. The predicted octanol–water partition coefficient (Wildman–Crippen LogP) is 4.12. The number of halogens is 1. The van der Waals surface area contributed by atoms with Gasteiger partial charge in [-0.05, 0) is 48.5 Å². The standard InChI is InChI=1S/C22H20ClN3O5S/c1-15(27)24-17-8-5-9-18(12-17)25-22(28)14-31-21-11-10-19(13-20(21)23)32(29,30)26-16-6-3-2-4-7-16/h2-13,26H,14H2,1H3,(H,24,27)(H,25,28). The quantitative estimate of drug-likeness (QED) is 0.455. The lowest BCUT2D eigenvalue weighted by Crippen LogP contribution is -2.20. The molecular formula is C22H20ClN3O5S. The molecule has 2 amide bonds. The third-order valence-corrected chi connectivity index (χ3v) is 5.74. The first-order valence-electron chi connectivity index (χ1n) is 9.41. The third-order valence-electron chi connectivity index (χ3n) is 4.07. The smallest absolute Gasteiger partial charge is 0.262 e. The number of carbonyl (C=O) groups is 2. The molecule has 166 valence electrons. The summed E-state index contributed by atoms with van der Waals surface area (Å²) in [6.07, 6.45) is 0. The first-order chi connectivity index (χ1) is 15.2. The Kier molecular flexibility index (Phi) is 7.34. The second-order valence-corrected chi connectivity index (χ2v) is 8.75. The zero-order chi connectivity index (χ0) is 23.1. The van der Waals surface area contributed by atoms with E-state index in [-0.39, 0.29) is 28.2 Å². The average molecular weight is 474 g/mol. The molecule has 0 aromatic heterocycles. The van der Waals surface area contributed by atoms with E-state index in [2.05, 4.69) is 15.4 Å². The van der Waals surface area contributed by atoms with Gasteiger partial charge in [-0.2, -0.15) is 0 Å². The number of nitrogens with one attached hydrogen (secondary N) is 3. The Balaban J connectivity index is 1.61. The van der Waals surface area contributed by atoms with Crippen LogP contribution in [-0.2, 0) is 19.6 Å². The Morgan fingerprint density at radius 3 is 2.19 bits per heavy atom. The topological polar surface area (TPSA) is 114 Å². The number of anilines is 3. The lowest BCUT2D eigenvalue weighted by atomic mass is 10.2. The van der Waals surface area contributed by atoms with Gasteiger partial charge in [0.05, 0.1) is 9.92 Å². The van der Waals surface area contributed by atoms with E-state index in [1.54, 1.807) is 54.6 Å². The molecule has 0 saturated heterocycles. The van der Waals surface area contributed by atoms with Crippen molar-refractivity contribution in [1.29, 1.82) is 0 Å². The van der Waals surface area contributed by atoms with Gasteiger partial charge >= 0.3 is 0 Å². The minimum Gasteiger partial charge on any atom is -0.482 e. The lowest BCUT2D eigenvalue weighted by molar-refractivity contribution is -0.118.